The number of nitrogens with two attached hydrogens (primary N) is 1. The third-order valence-electron chi connectivity index (χ3n) is 5.34. The lowest BCUT2D eigenvalue weighted by Crippen LogP contribution is -2.32. The zero-order valence-corrected chi connectivity index (χ0v) is 14.9. The van der Waals surface area contributed by atoms with Gasteiger partial charge in [0.25, 0.3) is 0 Å². The van der Waals surface area contributed by atoms with Crippen molar-refractivity contribution in [1.82, 2.24) is 4.57 Å². The van der Waals surface area contributed by atoms with E-state index in [0.717, 1.165) is 32.2 Å². The van der Waals surface area contributed by atoms with Gasteiger partial charge in [-0.15, -0.1) is 0 Å². The minimum atomic E-state index is -1.28. The predicted molar refractivity (Wildman–Crippen MR) is 102 cm³/mol. The van der Waals surface area contributed by atoms with Crippen LogP contribution in [0.5, 0.6) is 0 Å². The number of hydrogen-bond acceptors (Lipinski definition) is 4. The van der Waals surface area contributed by atoms with Crippen LogP contribution in [0.25, 0.3) is 10.9 Å². The molecule has 142 valence electrons. The molecule has 0 bridgehead atoms. The Morgan fingerprint density at radius 3 is 2.81 bits per heavy atom. The number of carbonyl (C=O) groups is 1. The molecule has 0 atom stereocenters. The van der Waals surface area contributed by atoms with Crippen molar-refractivity contribution in [2.75, 3.05) is 24.5 Å². The first-order valence-electron chi connectivity index (χ1n) is 9.24. The molecule has 2 aliphatic rings. The fraction of sp³-hybridized carbons (Fsp3) is 0.400. The van der Waals surface area contributed by atoms with Gasteiger partial charge in [0.15, 0.2) is 0 Å². The second-order valence-corrected chi connectivity index (χ2v) is 7.26. The van der Waals surface area contributed by atoms with Crippen LogP contribution in [0.2, 0.25) is 0 Å². The van der Waals surface area contributed by atoms with E-state index in [4.69, 9.17) is 5.73 Å². The van der Waals surface area contributed by atoms with Gasteiger partial charge in [-0.05, 0) is 37.8 Å². The smallest absolute Gasteiger partial charge is 0.341 e. The van der Waals surface area contributed by atoms with Gasteiger partial charge in [-0.25, -0.2) is 9.18 Å². The molecular formula is C20H22FN3O3. The number of pyridine rings is 1. The maximum absolute atomic E-state index is 14.9. The highest BCUT2D eigenvalue weighted by Crippen LogP contribution is 2.38. The quantitative estimate of drug-likeness (QED) is 0.807. The Labute approximate surface area is 155 Å². The monoisotopic (exact) mass is 371 g/mol. The summed E-state index contributed by atoms with van der Waals surface area (Å²) in [5.41, 5.74) is 6.89. The average Bonchev–Trinajstić information content (AvgIpc) is 3.47. The Balaban J connectivity index is 1.87. The number of fused-ring (bicyclic) bond motifs is 1. The predicted octanol–water partition coefficient (Wildman–Crippen LogP) is 2.66. The molecule has 27 heavy (non-hydrogen) atoms. The summed E-state index contributed by atoms with van der Waals surface area (Å²) in [4.78, 5) is 25.9. The molecular weight excluding hydrogens is 349 g/mol. The summed E-state index contributed by atoms with van der Waals surface area (Å²) in [5.74, 6) is -1.79. The fourth-order valence-electron chi connectivity index (χ4n) is 3.85. The molecule has 0 spiro atoms. The number of benzene rings is 1. The van der Waals surface area contributed by atoms with Gasteiger partial charge in [-0.2, -0.15) is 0 Å². The molecule has 7 heteroatoms. The Morgan fingerprint density at radius 1 is 1.37 bits per heavy atom. The van der Waals surface area contributed by atoms with Crippen LogP contribution in [-0.2, 0) is 0 Å². The number of carboxylic acids is 1. The van der Waals surface area contributed by atoms with Crippen LogP contribution in [0.4, 0.5) is 10.1 Å². The van der Waals surface area contributed by atoms with Crippen LogP contribution in [0.1, 0.15) is 42.1 Å². The Hall–Kier alpha value is -2.67. The van der Waals surface area contributed by atoms with Crippen LogP contribution in [-0.4, -0.2) is 35.3 Å². The van der Waals surface area contributed by atoms with E-state index in [2.05, 4.69) is 0 Å². The molecule has 0 radical (unpaired) electrons. The molecule has 2 fully saturated rings. The highest BCUT2D eigenvalue weighted by Gasteiger charge is 2.28. The van der Waals surface area contributed by atoms with Crippen LogP contribution in [0, 0.1) is 5.82 Å². The van der Waals surface area contributed by atoms with Gasteiger partial charge >= 0.3 is 5.97 Å². The van der Waals surface area contributed by atoms with E-state index in [1.165, 1.54) is 17.8 Å². The first-order valence-corrected chi connectivity index (χ1v) is 9.24. The molecule has 4 rings (SSSR count). The van der Waals surface area contributed by atoms with E-state index in [-0.39, 0.29) is 17.0 Å². The Kier molecular flexibility index (Phi) is 4.47. The average molecular weight is 371 g/mol. The number of rotatable bonds is 4. The minimum absolute atomic E-state index is 0.123. The summed E-state index contributed by atoms with van der Waals surface area (Å²) in [5, 5.41) is 9.45. The maximum atomic E-state index is 14.9. The largest absolute Gasteiger partial charge is 0.477 e. The lowest BCUT2D eigenvalue weighted by Gasteiger charge is -2.31. The normalized spacial score (nSPS) is 19.0. The molecule has 6 nitrogen and oxygen atoms in total. The molecule has 2 aromatic rings. The summed E-state index contributed by atoms with van der Waals surface area (Å²) < 4.78 is 16.7. The van der Waals surface area contributed by atoms with Crippen molar-refractivity contribution >= 4 is 22.6 Å². The van der Waals surface area contributed by atoms with E-state index < -0.39 is 17.2 Å². The molecule has 1 aliphatic heterocycles. The molecule has 1 aromatic carbocycles. The lowest BCUT2D eigenvalue weighted by atomic mass is 10.0. The summed E-state index contributed by atoms with van der Waals surface area (Å²) in [7, 11) is 0. The van der Waals surface area contributed by atoms with Crippen LogP contribution >= 0.6 is 0 Å². The van der Waals surface area contributed by atoms with E-state index >= 15 is 0 Å². The summed E-state index contributed by atoms with van der Waals surface area (Å²) in [6, 6.07) is 3.05. The van der Waals surface area contributed by atoms with Crippen molar-refractivity contribution in [3.8, 4) is 0 Å². The second kappa shape index (κ2) is 6.81. The van der Waals surface area contributed by atoms with Crippen molar-refractivity contribution in [3.63, 3.8) is 0 Å². The van der Waals surface area contributed by atoms with Gasteiger partial charge in [0.05, 0.1) is 11.2 Å². The van der Waals surface area contributed by atoms with Crippen molar-refractivity contribution in [1.29, 1.82) is 0 Å². The van der Waals surface area contributed by atoms with E-state index in [0.29, 0.717) is 24.3 Å². The molecule has 1 aliphatic carbocycles. The minimum Gasteiger partial charge on any atom is -0.477 e. The number of piperidine rings is 1. The summed E-state index contributed by atoms with van der Waals surface area (Å²) in [6.45, 7) is 1.80. The molecule has 1 saturated heterocycles. The van der Waals surface area contributed by atoms with E-state index in [1.54, 1.807) is 6.07 Å². The molecule has 0 amide bonds. The number of halogens is 1. The topological polar surface area (TPSA) is 88.6 Å². The highest BCUT2D eigenvalue weighted by atomic mass is 19.1. The number of carboxylic acid groups (broad SMARTS) is 1. The van der Waals surface area contributed by atoms with Gasteiger partial charge in [0, 0.05) is 37.3 Å². The van der Waals surface area contributed by atoms with Crippen LogP contribution < -0.4 is 16.1 Å². The highest BCUT2D eigenvalue weighted by molar-refractivity contribution is 5.93. The van der Waals surface area contributed by atoms with E-state index in [9.17, 15) is 19.1 Å². The molecule has 3 N–H and O–H groups in total. The van der Waals surface area contributed by atoms with E-state index in [1.807, 2.05) is 15.5 Å². The lowest BCUT2D eigenvalue weighted by molar-refractivity contribution is 0.0695. The Morgan fingerprint density at radius 2 is 2.15 bits per heavy atom. The van der Waals surface area contributed by atoms with Gasteiger partial charge in [-0.1, -0.05) is 11.6 Å². The maximum Gasteiger partial charge on any atom is 0.341 e. The van der Waals surface area contributed by atoms with Crippen molar-refractivity contribution in [2.24, 2.45) is 5.73 Å². The number of anilines is 1. The van der Waals surface area contributed by atoms with Gasteiger partial charge in [-0.3, -0.25) is 4.79 Å². The van der Waals surface area contributed by atoms with Crippen molar-refractivity contribution in [2.45, 2.75) is 31.7 Å². The first-order chi connectivity index (χ1) is 13.0. The van der Waals surface area contributed by atoms with Crippen molar-refractivity contribution in [3.05, 3.63) is 51.6 Å². The summed E-state index contributed by atoms with van der Waals surface area (Å²) >= 11 is 0. The standard InChI is InChI=1S/C20H22FN3O3/c21-16-8-14-17(9-18(16)23-7-1-2-12(10-23)5-6-22)24(13-3-4-13)11-15(19(14)25)20(26)27/h5,8-9,11,13H,1-4,6-7,10,22H2,(H,26,27). The molecule has 1 aromatic heterocycles. The number of hydrogen-bond donors (Lipinski definition) is 2. The fourth-order valence-corrected chi connectivity index (χ4v) is 3.85. The zero-order chi connectivity index (χ0) is 19.1. The van der Waals surface area contributed by atoms with Gasteiger partial charge in [0.2, 0.25) is 5.43 Å². The molecule has 2 heterocycles. The SMILES string of the molecule is NCC=C1CCCN(c2cc3c(cc2F)c(=O)c(C(=O)O)cn3C2CC2)C1. The van der Waals surface area contributed by atoms with Crippen LogP contribution in [0.15, 0.2) is 34.8 Å². The third-order valence-corrected chi connectivity index (χ3v) is 5.34. The van der Waals surface area contributed by atoms with Crippen molar-refractivity contribution < 1.29 is 14.3 Å². The Bertz CT molecular complexity index is 1010. The van der Waals surface area contributed by atoms with Crippen LogP contribution in [0.3, 0.4) is 0 Å². The zero-order valence-electron chi connectivity index (χ0n) is 14.9. The number of aromatic carboxylic acids is 1. The molecule has 0 unspecified atom stereocenters. The summed E-state index contributed by atoms with van der Waals surface area (Å²) in [6.07, 6.45) is 7.11. The number of aromatic nitrogens is 1. The van der Waals surface area contributed by atoms with Gasteiger partial charge in [0.1, 0.15) is 11.4 Å². The molecule has 1 saturated carbocycles. The second-order valence-electron chi connectivity index (χ2n) is 7.26. The van der Waals surface area contributed by atoms with Gasteiger partial charge < -0.3 is 20.3 Å². The first kappa shape index (κ1) is 17.7. The number of nitrogens with zero attached hydrogens (tertiary/aromatic N) is 2. The third kappa shape index (κ3) is 3.23.